The highest BCUT2D eigenvalue weighted by Gasteiger charge is 2.18. The number of aryl methyl sites for hydroxylation is 1. The summed E-state index contributed by atoms with van der Waals surface area (Å²) in [5.41, 5.74) is 16.1. The smallest absolute Gasteiger partial charge is 0.290 e. The first-order valence-electron chi connectivity index (χ1n) is 8.97. The van der Waals surface area contributed by atoms with Crippen molar-refractivity contribution in [3.05, 3.63) is 76.9 Å². The number of ether oxygens (including phenoxy) is 1. The third-order valence-electron chi connectivity index (χ3n) is 4.67. The van der Waals surface area contributed by atoms with E-state index in [4.69, 9.17) is 16.2 Å². The molecule has 28 heavy (non-hydrogen) atoms. The minimum Gasteiger partial charge on any atom is -0.710 e. The minimum atomic E-state index is 0.354. The maximum Gasteiger partial charge on any atom is 0.290 e. The fraction of sp³-hybridized carbons (Fsp3) is 0.143. The van der Waals surface area contributed by atoms with Crippen LogP contribution >= 0.6 is 0 Å². The van der Waals surface area contributed by atoms with Crippen molar-refractivity contribution >= 4 is 11.0 Å². The number of aromatic amines is 1. The lowest BCUT2D eigenvalue weighted by molar-refractivity contribution is -0.586. The van der Waals surface area contributed by atoms with Crippen LogP contribution in [-0.2, 0) is 13.1 Å². The van der Waals surface area contributed by atoms with Crippen LogP contribution in [0, 0.1) is 12.1 Å². The second kappa shape index (κ2) is 7.30. The van der Waals surface area contributed by atoms with E-state index in [2.05, 4.69) is 9.97 Å². The number of aromatic nitrogens is 3. The molecule has 3 heterocycles. The molecule has 0 bridgehead atoms. The Labute approximate surface area is 162 Å². The first-order chi connectivity index (χ1) is 13.6. The molecule has 0 radical (unpaired) electrons. The van der Waals surface area contributed by atoms with Gasteiger partial charge in [-0.2, -0.15) is 0 Å². The summed E-state index contributed by atoms with van der Waals surface area (Å²) in [6.45, 7) is 2.55. The number of benzene rings is 1. The molecule has 3 aromatic heterocycles. The zero-order chi connectivity index (χ0) is 19.7. The van der Waals surface area contributed by atoms with Gasteiger partial charge in [-0.05, 0) is 48.4 Å². The first-order valence-corrected chi connectivity index (χ1v) is 8.97. The van der Waals surface area contributed by atoms with Gasteiger partial charge in [0.05, 0.1) is 11.6 Å². The Morgan fingerprint density at radius 2 is 1.89 bits per heavy atom. The highest BCUT2D eigenvalue weighted by Crippen LogP contribution is 2.36. The second-order valence-electron chi connectivity index (χ2n) is 6.59. The van der Waals surface area contributed by atoms with Crippen LogP contribution in [0.15, 0.2) is 54.9 Å². The molecule has 0 spiro atoms. The molecule has 0 aliphatic carbocycles. The summed E-state index contributed by atoms with van der Waals surface area (Å²) in [7, 11) is 0. The third-order valence-corrected chi connectivity index (χ3v) is 4.67. The molecule has 7 heteroatoms. The first kappa shape index (κ1) is 18.0. The lowest BCUT2D eigenvalue weighted by atomic mass is 10.0. The Morgan fingerprint density at radius 1 is 1.07 bits per heavy atom. The van der Waals surface area contributed by atoms with Crippen molar-refractivity contribution in [1.82, 2.24) is 9.97 Å². The van der Waals surface area contributed by atoms with Crippen LogP contribution in [0.4, 0.5) is 0 Å². The number of rotatable bonds is 5. The van der Waals surface area contributed by atoms with Crippen molar-refractivity contribution in [3.63, 3.8) is 0 Å². The fourth-order valence-corrected chi connectivity index (χ4v) is 3.22. The van der Waals surface area contributed by atoms with Crippen molar-refractivity contribution in [2.24, 2.45) is 11.5 Å². The summed E-state index contributed by atoms with van der Waals surface area (Å²) in [4.78, 5) is 7.49. The summed E-state index contributed by atoms with van der Waals surface area (Å²) < 4.78 is 6.98. The molecule has 0 aliphatic heterocycles. The summed E-state index contributed by atoms with van der Waals surface area (Å²) in [6, 6.07) is 13.2. The molecular weight excluding hydrogens is 354 g/mol. The quantitative estimate of drug-likeness (QED) is 0.366. The van der Waals surface area contributed by atoms with E-state index in [9.17, 15) is 5.21 Å². The predicted molar refractivity (Wildman–Crippen MR) is 108 cm³/mol. The molecule has 142 valence electrons. The summed E-state index contributed by atoms with van der Waals surface area (Å²) in [5.74, 6) is 1.09. The minimum absolute atomic E-state index is 0.354. The van der Waals surface area contributed by atoms with Crippen molar-refractivity contribution in [2.75, 3.05) is 0 Å². The van der Waals surface area contributed by atoms with Gasteiger partial charge in [-0.25, -0.2) is 14.7 Å². The van der Waals surface area contributed by atoms with Crippen LogP contribution in [0.2, 0.25) is 0 Å². The monoisotopic (exact) mass is 375 g/mol. The Morgan fingerprint density at radius 3 is 2.68 bits per heavy atom. The number of nitrogens with two attached hydrogens (primary N) is 2. The number of pyridine rings is 2. The second-order valence-corrected chi connectivity index (χ2v) is 6.59. The van der Waals surface area contributed by atoms with Crippen LogP contribution in [0.1, 0.15) is 16.8 Å². The van der Waals surface area contributed by atoms with Gasteiger partial charge in [0.15, 0.2) is 0 Å². The Kier molecular flexibility index (Phi) is 4.68. The number of nitrogens with one attached hydrogen (secondary N) is 1. The number of hydrogen-bond donors (Lipinski definition) is 3. The maximum atomic E-state index is 12.3. The third kappa shape index (κ3) is 3.17. The van der Waals surface area contributed by atoms with E-state index in [1.807, 2.05) is 42.5 Å². The largest absolute Gasteiger partial charge is 0.710 e. The number of fused-ring (bicyclic) bond motifs is 1. The van der Waals surface area contributed by atoms with E-state index in [0.717, 1.165) is 32.4 Å². The fourth-order valence-electron chi connectivity index (χ4n) is 3.22. The van der Waals surface area contributed by atoms with Gasteiger partial charge in [-0.15, -0.1) is 0 Å². The molecule has 1 aromatic carbocycles. The normalized spacial score (nSPS) is 11.1. The Hall–Kier alpha value is -3.42. The predicted octanol–water partition coefficient (Wildman–Crippen LogP) is 2.88. The lowest BCUT2D eigenvalue weighted by Gasteiger charge is -2.15. The molecule has 0 unspecified atom stereocenters. The molecule has 4 aromatic rings. The molecule has 4 rings (SSSR count). The highest BCUT2D eigenvalue weighted by molar-refractivity contribution is 5.93. The van der Waals surface area contributed by atoms with Crippen molar-refractivity contribution in [1.29, 1.82) is 0 Å². The van der Waals surface area contributed by atoms with E-state index >= 15 is 0 Å². The maximum absolute atomic E-state index is 12.3. The summed E-state index contributed by atoms with van der Waals surface area (Å²) in [5, 5.41) is 13.1. The van der Waals surface area contributed by atoms with Gasteiger partial charge < -0.3 is 21.4 Å². The molecule has 0 saturated carbocycles. The average molecular weight is 375 g/mol. The molecule has 0 aliphatic rings. The molecule has 7 nitrogen and oxygen atoms in total. The van der Waals surface area contributed by atoms with Gasteiger partial charge in [0, 0.05) is 30.4 Å². The summed E-state index contributed by atoms with van der Waals surface area (Å²) >= 11 is 0. The van der Waals surface area contributed by atoms with E-state index in [-0.39, 0.29) is 0 Å². The highest BCUT2D eigenvalue weighted by atomic mass is 16.5. The zero-order valence-electron chi connectivity index (χ0n) is 15.5. The Balaban J connectivity index is 1.89. The standard InChI is InChI=1S/C21H21N5O2/c1-13-7-18(17-5-6-24-20(17)26(13)27)19-9-15(11-23)12-25-21(19)28-16-4-2-3-14(8-16)10-22/h2-9,12,24H,10-11,22-23H2,1H3. The SMILES string of the molecule is Cc1cc(-c2cc(CN)cnc2Oc2cccc(CN)c2)c2cc[nH]c2[n+]1[O-]. The molecule has 0 fully saturated rings. The Bertz CT molecular complexity index is 1150. The average Bonchev–Trinajstić information content (AvgIpc) is 3.21. The topological polar surface area (TPSA) is 117 Å². The van der Waals surface area contributed by atoms with Crippen molar-refractivity contribution in [3.8, 4) is 22.8 Å². The van der Waals surface area contributed by atoms with Gasteiger partial charge in [-0.3, -0.25) is 0 Å². The molecule has 0 amide bonds. The molecule has 0 saturated heterocycles. The van der Waals surface area contributed by atoms with Gasteiger partial charge >= 0.3 is 0 Å². The van der Waals surface area contributed by atoms with Crippen molar-refractivity contribution < 1.29 is 9.47 Å². The zero-order valence-corrected chi connectivity index (χ0v) is 15.5. The number of nitrogens with zero attached hydrogens (tertiary/aromatic N) is 2. The molecular formula is C21H21N5O2. The van der Waals surface area contributed by atoms with E-state index in [1.54, 1.807) is 19.3 Å². The van der Waals surface area contributed by atoms with Crippen LogP contribution in [0.3, 0.4) is 0 Å². The number of H-pyrrole nitrogens is 1. The van der Waals surface area contributed by atoms with Crippen molar-refractivity contribution in [2.45, 2.75) is 20.0 Å². The summed E-state index contributed by atoms with van der Waals surface area (Å²) in [6.07, 6.45) is 3.44. The lowest BCUT2D eigenvalue weighted by Crippen LogP contribution is -2.31. The van der Waals surface area contributed by atoms with Gasteiger partial charge in [0.1, 0.15) is 11.4 Å². The molecule has 0 atom stereocenters. The van der Waals surface area contributed by atoms with Gasteiger partial charge in [0.25, 0.3) is 5.65 Å². The van der Waals surface area contributed by atoms with E-state index in [0.29, 0.717) is 36.1 Å². The van der Waals surface area contributed by atoms with E-state index < -0.39 is 0 Å². The van der Waals surface area contributed by atoms with E-state index in [1.165, 1.54) is 0 Å². The number of hydrogen-bond acceptors (Lipinski definition) is 5. The molecule has 5 N–H and O–H groups in total. The van der Waals surface area contributed by atoms with Crippen LogP contribution < -0.4 is 20.9 Å². The van der Waals surface area contributed by atoms with Crippen LogP contribution in [0.25, 0.3) is 22.2 Å². The van der Waals surface area contributed by atoms with Crippen LogP contribution in [0.5, 0.6) is 11.6 Å². The van der Waals surface area contributed by atoms with Gasteiger partial charge in [-0.1, -0.05) is 12.1 Å². The van der Waals surface area contributed by atoms with Crippen LogP contribution in [-0.4, -0.2) is 9.97 Å². The van der Waals surface area contributed by atoms with Gasteiger partial charge in [0.2, 0.25) is 5.88 Å².